The third-order valence-corrected chi connectivity index (χ3v) is 4.66. The molecule has 126 valence electrons. The van der Waals surface area contributed by atoms with Gasteiger partial charge in [-0.1, -0.05) is 11.8 Å². The van der Waals surface area contributed by atoms with Crippen molar-refractivity contribution in [3.8, 4) is 11.8 Å². The van der Waals surface area contributed by atoms with Gasteiger partial charge in [0.25, 0.3) is 0 Å². The third kappa shape index (κ3) is 5.33. The number of likely N-dealkylation sites (tertiary alicyclic amines) is 1. The van der Waals surface area contributed by atoms with Crippen molar-refractivity contribution in [3.05, 3.63) is 21.9 Å². The van der Waals surface area contributed by atoms with E-state index in [4.69, 9.17) is 4.74 Å². The molecular formula is C17H23NO4S. The average Bonchev–Trinajstić information content (AvgIpc) is 2.93. The first-order chi connectivity index (χ1) is 10.8. The monoisotopic (exact) mass is 337 g/mol. The van der Waals surface area contributed by atoms with E-state index < -0.39 is 17.7 Å². The maximum Gasteiger partial charge on any atom is 0.323 e. The van der Waals surface area contributed by atoms with E-state index in [1.165, 1.54) is 7.11 Å². The molecule has 0 amide bonds. The maximum atomic E-state index is 11.9. The summed E-state index contributed by atoms with van der Waals surface area (Å²) >= 11 is 1.55. The molecule has 1 aliphatic rings. The van der Waals surface area contributed by atoms with Gasteiger partial charge in [0, 0.05) is 18.0 Å². The van der Waals surface area contributed by atoms with Crippen molar-refractivity contribution in [2.75, 3.05) is 13.7 Å². The number of aliphatic hydroxyl groups is 2. The number of carbonyl (C=O) groups excluding carboxylic acids is 1. The van der Waals surface area contributed by atoms with Gasteiger partial charge in [0.15, 0.2) is 0 Å². The average molecular weight is 337 g/mol. The minimum atomic E-state index is -1.01. The van der Waals surface area contributed by atoms with E-state index in [-0.39, 0.29) is 5.97 Å². The Hall–Kier alpha value is -1.39. The summed E-state index contributed by atoms with van der Waals surface area (Å²) in [5.74, 6) is 5.45. The molecule has 2 heterocycles. The van der Waals surface area contributed by atoms with Crippen LogP contribution in [0.4, 0.5) is 0 Å². The highest BCUT2D eigenvalue weighted by Gasteiger charge is 2.33. The summed E-state index contributed by atoms with van der Waals surface area (Å²) in [6, 6.07) is 3.50. The molecule has 5 nitrogen and oxygen atoms in total. The zero-order chi connectivity index (χ0) is 17.0. The van der Waals surface area contributed by atoms with Crippen molar-refractivity contribution < 1.29 is 19.7 Å². The Morgan fingerprint density at radius 3 is 2.91 bits per heavy atom. The maximum absolute atomic E-state index is 11.9. The van der Waals surface area contributed by atoms with Gasteiger partial charge in [-0.05, 0) is 38.8 Å². The Kier molecular flexibility index (Phi) is 5.82. The van der Waals surface area contributed by atoms with Crippen LogP contribution in [0.15, 0.2) is 12.1 Å². The van der Waals surface area contributed by atoms with Gasteiger partial charge in [-0.25, -0.2) is 0 Å². The van der Waals surface area contributed by atoms with E-state index in [9.17, 15) is 15.0 Å². The van der Waals surface area contributed by atoms with Crippen LogP contribution in [0.1, 0.15) is 36.4 Å². The molecule has 6 heteroatoms. The molecule has 1 fully saturated rings. The van der Waals surface area contributed by atoms with Gasteiger partial charge < -0.3 is 14.9 Å². The first-order valence-electron chi connectivity index (χ1n) is 7.62. The number of piperidine rings is 1. The smallest absolute Gasteiger partial charge is 0.323 e. The predicted molar refractivity (Wildman–Crippen MR) is 88.9 cm³/mol. The molecule has 1 saturated heterocycles. The molecule has 0 saturated carbocycles. The number of esters is 1. The van der Waals surface area contributed by atoms with Gasteiger partial charge in [-0.3, -0.25) is 9.69 Å². The molecule has 0 spiro atoms. The van der Waals surface area contributed by atoms with Crippen LogP contribution >= 0.6 is 11.3 Å². The molecule has 23 heavy (non-hydrogen) atoms. The number of carbonyl (C=O) groups is 1. The summed E-state index contributed by atoms with van der Waals surface area (Å²) < 4.78 is 4.85. The van der Waals surface area contributed by atoms with Gasteiger partial charge >= 0.3 is 5.97 Å². The van der Waals surface area contributed by atoms with Gasteiger partial charge in [-0.15, -0.1) is 11.3 Å². The highest BCUT2D eigenvalue weighted by atomic mass is 32.1. The second-order valence-corrected chi connectivity index (χ2v) is 7.43. The summed E-state index contributed by atoms with van der Waals surface area (Å²) in [5, 5.41) is 19.4. The molecule has 2 N–H and O–H groups in total. The number of thiophene rings is 1. The molecule has 0 bridgehead atoms. The van der Waals surface area contributed by atoms with Crippen LogP contribution in [0, 0.1) is 11.8 Å². The van der Waals surface area contributed by atoms with Crippen molar-refractivity contribution >= 4 is 17.3 Å². The minimum Gasteiger partial charge on any atom is -0.468 e. The number of nitrogens with zero attached hydrogens (tertiary/aromatic N) is 1. The first kappa shape index (κ1) is 18.0. The molecule has 1 aromatic heterocycles. The van der Waals surface area contributed by atoms with Gasteiger partial charge in [0.2, 0.25) is 0 Å². The zero-order valence-electron chi connectivity index (χ0n) is 13.7. The normalized spacial score (nSPS) is 22.3. The standard InChI is InChI=1S/C17H23NO4S/c1-17(2,21)8-6-13-4-5-14(23-13)11-18-9-7-12(19)10-15(18)16(20)22-3/h4-5,12,15,19,21H,7,9-11H2,1-3H3/t12-,15+/m1/s1. The largest absolute Gasteiger partial charge is 0.468 e. The van der Waals surface area contributed by atoms with Crippen LogP contribution in [0.5, 0.6) is 0 Å². The Bertz CT molecular complexity index is 608. The summed E-state index contributed by atoms with van der Waals surface area (Å²) in [7, 11) is 1.37. The summed E-state index contributed by atoms with van der Waals surface area (Å²) in [4.78, 5) is 15.9. The van der Waals surface area contributed by atoms with Crippen molar-refractivity contribution in [3.63, 3.8) is 0 Å². The van der Waals surface area contributed by atoms with E-state index in [0.29, 0.717) is 25.9 Å². The molecule has 1 aliphatic heterocycles. The third-order valence-electron chi connectivity index (χ3n) is 3.67. The van der Waals surface area contributed by atoms with Crippen LogP contribution in [0.25, 0.3) is 0 Å². The summed E-state index contributed by atoms with van der Waals surface area (Å²) in [6.45, 7) is 4.58. The SMILES string of the molecule is COC(=O)[C@@H]1C[C@H](O)CCN1Cc1ccc(C#CC(C)(C)O)s1. The van der Waals surface area contributed by atoms with E-state index in [2.05, 4.69) is 11.8 Å². The van der Waals surface area contributed by atoms with Crippen LogP contribution in [0.2, 0.25) is 0 Å². The number of aliphatic hydroxyl groups excluding tert-OH is 1. The number of ether oxygens (including phenoxy) is 1. The Balaban J connectivity index is 2.06. The lowest BCUT2D eigenvalue weighted by Crippen LogP contribution is -2.48. The van der Waals surface area contributed by atoms with Crippen molar-refractivity contribution in [1.82, 2.24) is 4.90 Å². The quantitative estimate of drug-likeness (QED) is 0.644. The van der Waals surface area contributed by atoms with Crippen LogP contribution < -0.4 is 0 Å². The highest BCUT2D eigenvalue weighted by molar-refractivity contribution is 7.12. The number of hydrogen-bond acceptors (Lipinski definition) is 6. The fourth-order valence-electron chi connectivity index (χ4n) is 2.51. The number of rotatable bonds is 3. The van der Waals surface area contributed by atoms with Gasteiger partial charge in [0.05, 0.1) is 18.1 Å². The Labute approximate surface area is 140 Å². The molecule has 0 radical (unpaired) electrons. The highest BCUT2D eigenvalue weighted by Crippen LogP contribution is 2.24. The minimum absolute atomic E-state index is 0.303. The van der Waals surface area contributed by atoms with Crippen molar-refractivity contribution in [2.45, 2.75) is 51.0 Å². The summed E-state index contributed by atoms with van der Waals surface area (Å²) in [5.41, 5.74) is -1.01. The van der Waals surface area contributed by atoms with E-state index in [1.807, 2.05) is 17.0 Å². The lowest BCUT2D eigenvalue weighted by molar-refractivity contribution is -0.150. The van der Waals surface area contributed by atoms with Crippen LogP contribution in [0.3, 0.4) is 0 Å². The van der Waals surface area contributed by atoms with Crippen LogP contribution in [-0.4, -0.2) is 52.5 Å². The van der Waals surface area contributed by atoms with E-state index >= 15 is 0 Å². The lowest BCUT2D eigenvalue weighted by atomic mass is 9.99. The first-order valence-corrected chi connectivity index (χ1v) is 8.44. The second kappa shape index (κ2) is 7.45. The Morgan fingerprint density at radius 1 is 1.52 bits per heavy atom. The fraction of sp³-hybridized carbons (Fsp3) is 0.588. The lowest BCUT2D eigenvalue weighted by Gasteiger charge is -2.35. The predicted octanol–water partition coefficient (Wildman–Crippen LogP) is 1.37. The molecule has 0 unspecified atom stereocenters. The van der Waals surface area contributed by atoms with Gasteiger partial charge in [-0.2, -0.15) is 0 Å². The number of methoxy groups -OCH3 is 1. The Morgan fingerprint density at radius 2 is 2.26 bits per heavy atom. The zero-order valence-corrected chi connectivity index (χ0v) is 14.5. The molecule has 2 atom stereocenters. The van der Waals surface area contributed by atoms with Crippen molar-refractivity contribution in [1.29, 1.82) is 0 Å². The number of hydrogen-bond donors (Lipinski definition) is 2. The van der Waals surface area contributed by atoms with Crippen molar-refractivity contribution in [2.24, 2.45) is 0 Å². The second-order valence-electron chi connectivity index (χ2n) is 6.26. The molecule has 1 aromatic rings. The topological polar surface area (TPSA) is 70.0 Å². The van der Waals surface area contributed by atoms with E-state index in [0.717, 1.165) is 9.75 Å². The molecular weight excluding hydrogens is 314 g/mol. The molecule has 0 aromatic carbocycles. The fourth-order valence-corrected chi connectivity index (χ4v) is 3.40. The van der Waals surface area contributed by atoms with E-state index in [1.54, 1.807) is 25.2 Å². The molecule has 2 rings (SSSR count). The van der Waals surface area contributed by atoms with Gasteiger partial charge in [0.1, 0.15) is 11.6 Å². The summed E-state index contributed by atoms with van der Waals surface area (Å²) in [6.07, 6.45) is 0.611. The van der Waals surface area contributed by atoms with Crippen LogP contribution in [-0.2, 0) is 16.1 Å². The molecule has 0 aliphatic carbocycles.